The Morgan fingerprint density at radius 3 is 0.714 bits per heavy atom. The molecular formula is C28H44. The van der Waals surface area contributed by atoms with E-state index >= 15 is 0 Å². The van der Waals surface area contributed by atoms with Gasteiger partial charge in [-0.3, -0.25) is 0 Å². The van der Waals surface area contributed by atoms with Gasteiger partial charge in [0.1, 0.15) is 0 Å². The normalized spacial score (nSPS) is 26.3. The summed E-state index contributed by atoms with van der Waals surface area (Å²) in [6.07, 6.45) is 48.0. The lowest BCUT2D eigenvalue weighted by molar-refractivity contribution is 0.534. The molecule has 0 bridgehead atoms. The molecule has 0 aliphatic heterocycles. The molecule has 0 saturated heterocycles. The van der Waals surface area contributed by atoms with Gasteiger partial charge in [-0.05, 0) is 25.7 Å². The zero-order valence-electron chi connectivity index (χ0n) is 18.2. The fraction of sp³-hybridized carbons (Fsp3) is 0.571. The van der Waals surface area contributed by atoms with Crippen molar-refractivity contribution in [3.8, 4) is 0 Å². The van der Waals surface area contributed by atoms with Crippen molar-refractivity contribution in [3.63, 3.8) is 0 Å². The Balaban J connectivity index is 2.26. The van der Waals surface area contributed by atoms with Crippen LogP contribution >= 0.6 is 0 Å². The van der Waals surface area contributed by atoms with Crippen LogP contribution < -0.4 is 0 Å². The lowest BCUT2D eigenvalue weighted by Gasteiger charge is -2.03. The third-order valence-electron chi connectivity index (χ3n) is 5.26. The topological polar surface area (TPSA) is 0 Å². The van der Waals surface area contributed by atoms with Crippen molar-refractivity contribution in [3.05, 3.63) is 72.9 Å². The van der Waals surface area contributed by atoms with Crippen molar-refractivity contribution in [1.29, 1.82) is 0 Å². The molecular weight excluding hydrogens is 336 g/mol. The second-order valence-corrected chi connectivity index (χ2v) is 7.92. The highest BCUT2D eigenvalue weighted by Crippen LogP contribution is 2.14. The number of rotatable bonds is 0. The van der Waals surface area contributed by atoms with Crippen molar-refractivity contribution in [2.75, 3.05) is 0 Å². The number of hydrogen-bond donors (Lipinski definition) is 0. The summed E-state index contributed by atoms with van der Waals surface area (Å²) >= 11 is 0. The van der Waals surface area contributed by atoms with E-state index in [-0.39, 0.29) is 0 Å². The van der Waals surface area contributed by atoms with E-state index in [2.05, 4.69) is 72.9 Å². The largest absolute Gasteiger partial charge is 0.0845 e. The highest BCUT2D eigenvalue weighted by atomic mass is 14.0. The van der Waals surface area contributed by atoms with E-state index < -0.39 is 0 Å². The molecule has 0 atom stereocenters. The molecule has 0 aromatic heterocycles. The van der Waals surface area contributed by atoms with Crippen LogP contribution in [0.15, 0.2) is 72.9 Å². The summed E-state index contributed by atoms with van der Waals surface area (Å²) in [6, 6.07) is 0. The number of hydrogen-bond acceptors (Lipinski definition) is 0. The molecule has 1 aliphatic rings. The molecule has 1 aliphatic carbocycles. The molecule has 0 spiro atoms. The van der Waals surface area contributed by atoms with Crippen LogP contribution in [0.1, 0.15) is 103 Å². The van der Waals surface area contributed by atoms with Crippen LogP contribution in [0, 0.1) is 0 Å². The van der Waals surface area contributed by atoms with Gasteiger partial charge in [0.15, 0.2) is 0 Å². The Morgan fingerprint density at radius 1 is 0.214 bits per heavy atom. The van der Waals surface area contributed by atoms with Crippen LogP contribution in [0.4, 0.5) is 0 Å². The summed E-state index contributed by atoms with van der Waals surface area (Å²) in [6.45, 7) is 0. The highest BCUT2D eigenvalue weighted by molar-refractivity contribution is 5.19. The minimum Gasteiger partial charge on any atom is -0.0845 e. The fourth-order valence-corrected chi connectivity index (χ4v) is 3.51. The van der Waals surface area contributed by atoms with Gasteiger partial charge in [0, 0.05) is 0 Å². The van der Waals surface area contributed by atoms with Crippen molar-refractivity contribution < 1.29 is 0 Å². The van der Waals surface area contributed by atoms with Crippen molar-refractivity contribution in [2.45, 2.75) is 103 Å². The molecule has 0 fully saturated rings. The van der Waals surface area contributed by atoms with E-state index in [4.69, 9.17) is 0 Å². The van der Waals surface area contributed by atoms with Gasteiger partial charge < -0.3 is 0 Å². The van der Waals surface area contributed by atoms with E-state index in [1.54, 1.807) is 0 Å². The monoisotopic (exact) mass is 380 g/mol. The third kappa shape index (κ3) is 19.2. The molecule has 0 amide bonds. The summed E-state index contributed by atoms with van der Waals surface area (Å²) in [5.41, 5.74) is 0. The molecule has 28 heavy (non-hydrogen) atoms. The third-order valence-corrected chi connectivity index (χ3v) is 5.26. The van der Waals surface area contributed by atoms with Gasteiger partial charge >= 0.3 is 0 Å². The first-order chi connectivity index (χ1) is 14.0. The Hall–Kier alpha value is -1.56. The minimum atomic E-state index is 1.21. The van der Waals surface area contributed by atoms with E-state index in [9.17, 15) is 0 Å². The van der Waals surface area contributed by atoms with Gasteiger partial charge in [0.2, 0.25) is 0 Å². The van der Waals surface area contributed by atoms with Crippen LogP contribution in [-0.4, -0.2) is 0 Å². The zero-order valence-corrected chi connectivity index (χ0v) is 18.2. The summed E-state index contributed by atoms with van der Waals surface area (Å²) < 4.78 is 0. The lowest BCUT2D eigenvalue weighted by Crippen LogP contribution is -1.83. The quantitative estimate of drug-likeness (QED) is 0.392. The molecule has 0 heterocycles. The molecule has 0 aromatic carbocycles. The average Bonchev–Trinajstić information content (AvgIpc) is 2.71. The van der Waals surface area contributed by atoms with E-state index in [1.165, 1.54) is 103 Å². The maximum absolute atomic E-state index is 2.30. The summed E-state index contributed by atoms with van der Waals surface area (Å²) in [7, 11) is 0. The molecule has 0 heteroatoms. The van der Waals surface area contributed by atoms with Crippen LogP contribution in [0.5, 0.6) is 0 Å². The summed E-state index contributed by atoms with van der Waals surface area (Å²) in [5.74, 6) is 0. The van der Waals surface area contributed by atoms with Crippen LogP contribution in [0.2, 0.25) is 0 Å². The van der Waals surface area contributed by atoms with Crippen molar-refractivity contribution >= 4 is 0 Å². The maximum Gasteiger partial charge on any atom is -0.0348 e. The average molecular weight is 381 g/mol. The number of allylic oxidation sites excluding steroid dienone is 12. The van der Waals surface area contributed by atoms with Crippen LogP contribution in [-0.2, 0) is 0 Å². The molecule has 0 N–H and O–H groups in total. The van der Waals surface area contributed by atoms with Crippen molar-refractivity contribution in [1.82, 2.24) is 0 Å². The smallest absolute Gasteiger partial charge is 0.0348 e. The summed E-state index contributed by atoms with van der Waals surface area (Å²) in [5, 5.41) is 0. The second kappa shape index (κ2) is 21.7. The first kappa shape index (κ1) is 24.5. The predicted molar refractivity (Wildman–Crippen MR) is 129 cm³/mol. The zero-order chi connectivity index (χ0) is 19.8. The van der Waals surface area contributed by atoms with Gasteiger partial charge in [-0.2, -0.15) is 0 Å². The second-order valence-electron chi connectivity index (χ2n) is 7.92. The predicted octanol–water partition coefficient (Wildman–Crippen LogP) is 9.58. The van der Waals surface area contributed by atoms with Crippen LogP contribution in [0.25, 0.3) is 0 Å². The van der Waals surface area contributed by atoms with Crippen molar-refractivity contribution in [2.24, 2.45) is 0 Å². The Bertz CT molecular complexity index is 438. The molecule has 0 saturated carbocycles. The standard InChI is InChI=1S/C28H44/c1-2-4-6-8-10-12-14-16-18-20-22-24-26-28-27-25-23-21-19-17-15-13-11-9-7-5-3-1/h1-12H,13-28H2/b3-1-,4-2-,7-5-,8-6+,11-9?,12-10+. The van der Waals surface area contributed by atoms with Gasteiger partial charge in [-0.25, -0.2) is 0 Å². The molecule has 1 rings (SSSR count). The molecule has 156 valence electrons. The lowest BCUT2D eigenvalue weighted by atomic mass is 10.0. The van der Waals surface area contributed by atoms with Gasteiger partial charge in [-0.15, -0.1) is 0 Å². The van der Waals surface area contributed by atoms with Gasteiger partial charge in [-0.1, -0.05) is 150 Å². The van der Waals surface area contributed by atoms with Gasteiger partial charge in [0.25, 0.3) is 0 Å². The molecule has 0 aromatic rings. The minimum absolute atomic E-state index is 1.21. The highest BCUT2D eigenvalue weighted by Gasteiger charge is 1.94. The van der Waals surface area contributed by atoms with E-state index in [1.807, 2.05) is 0 Å². The first-order valence-electron chi connectivity index (χ1n) is 12.0. The molecule has 0 nitrogen and oxygen atoms in total. The van der Waals surface area contributed by atoms with Gasteiger partial charge in [0.05, 0.1) is 0 Å². The van der Waals surface area contributed by atoms with Crippen LogP contribution in [0.3, 0.4) is 0 Å². The Labute approximate surface area is 175 Å². The molecule has 0 unspecified atom stereocenters. The Kier molecular flexibility index (Phi) is 19.0. The first-order valence-corrected chi connectivity index (χ1v) is 12.0. The van der Waals surface area contributed by atoms with E-state index in [0.717, 1.165) is 0 Å². The SMILES string of the molecule is C1=CCCCCCCCCCCCCCCCC/C=C/C=C/C=C\C=C/C=C\1. The summed E-state index contributed by atoms with van der Waals surface area (Å²) in [4.78, 5) is 0. The maximum atomic E-state index is 2.30. The fourth-order valence-electron chi connectivity index (χ4n) is 3.51. The molecule has 0 radical (unpaired) electrons. The Morgan fingerprint density at radius 2 is 0.429 bits per heavy atom. The van der Waals surface area contributed by atoms with E-state index in [0.29, 0.717) is 0 Å².